The van der Waals surface area contributed by atoms with E-state index in [1.165, 1.54) is 6.07 Å². The first-order chi connectivity index (χ1) is 9.35. The van der Waals surface area contributed by atoms with Crippen molar-refractivity contribution >= 4 is 40.5 Å². The zero-order chi connectivity index (χ0) is 14.9. The van der Waals surface area contributed by atoms with E-state index < -0.39 is 16.4 Å². The predicted octanol–water partition coefficient (Wildman–Crippen LogP) is 3.71. The van der Waals surface area contributed by atoms with Crippen molar-refractivity contribution in [2.75, 3.05) is 5.32 Å². The van der Waals surface area contributed by atoms with E-state index in [1.54, 1.807) is 0 Å². The average molecular weight is 319 g/mol. The van der Waals surface area contributed by atoms with Crippen LogP contribution < -0.4 is 5.32 Å². The summed E-state index contributed by atoms with van der Waals surface area (Å²) in [6.45, 7) is 0. The van der Waals surface area contributed by atoms with Crippen LogP contribution in [0, 0.1) is 10.1 Å². The molecule has 0 heterocycles. The number of rotatable bonds is 4. The normalized spacial score (nSPS) is 16.9. The van der Waals surface area contributed by atoms with Crippen molar-refractivity contribution in [2.45, 2.75) is 31.2 Å². The number of benzene rings is 1. The molecule has 8 heteroatoms. The maximum absolute atomic E-state index is 11.5. The molecular formula is C12H12Cl2N2O4. The summed E-state index contributed by atoms with van der Waals surface area (Å²) in [5.74, 6) is -1.02. The Balaban J connectivity index is 2.44. The molecule has 0 atom stereocenters. The van der Waals surface area contributed by atoms with Crippen LogP contribution in [0.25, 0.3) is 0 Å². The molecule has 1 aliphatic rings. The fraction of sp³-hybridized carbons (Fsp3) is 0.417. The highest BCUT2D eigenvalue weighted by Crippen LogP contribution is 2.39. The molecule has 108 valence electrons. The molecule has 2 N–H and O–H groups in total. The molecule has 0 saturated heterocycles. The van der Waals surface area contributed by atoms with Crippen molar-refractivity contribution in [3.63, 3.8) is 0 Å². The highest BCUT2D eigenvalue weighted by Gasteiger charge is 2.42. The number of nitro groups is 1. The summed E-state index contributed by atoms with van der Waals surface area (Å²) in [6, 6.07) is 2.42. The Morgan fingerprint density at radius 2 is 1.85 bits per heavy atom. The summed E-state index contributed by atoms with van der Waals surface area (Å²) in [7, 11) is 0. The first-order valence-corrected chi connectivity index (χ1v) is 6.76. The summed E-state index contributed by atoms with van der Waals surface area (Å²) in [5.41, 5.74) is -1.39. The number of halogens is 2. The Bertz CT molecular complexity index is 571. The minimum atomic E-state index is -1.18. The molecule has 0 unspecified atom stereocenters. The molecule has 0 aromatic heterocycles. The molecule has 2 rings (SSSR count). The number of carboxylic acids is 1. The lowest BCUT2D eigenvalue weighted by Crippen LogP contribution is -2.43. The van der Waals surface area contributed by atoms with Crippen molar-refractivity contribution in [1.29, 1.82) is 0 Å². The fourth-order valence-corrected chi connectivity index (χ4v) is 2.74. The molecule has 1 aromatic carbocycles. The molecule has 1 saturated carbocycles. The molecule has 0 aliphatic heterocycles. The van der Waals surface area contributed by atoms with Gasteiger partial charge < -0.3 is 10.4 Å². The summed E-state index contributed by atoms with van der Waals surface area (Å²) in [5, 5.41) is 23.4. The highest BCUT2D eigenvalue weighted by molar-refractivity contribution is 6.42. The predicted molar refractivity (Wildman–Crippen MR) is 75.6 cm³/mol. The molecule has 20 heavy (non-hydrogen) atoms. The lowest BCUT2D eigenvalue weighted by atomic mass is 9.97. The van der Waals surface area contributed by atoms with Crippen molar-refractivity contribution in [3.8, 4) is 0 Å². The van der Waals surface area contributed by atoms with E-state index in [2.05, 4.69) is 5.32 Å². The van der Waals surface area contributed by atoms with Gasteiger partial charge in [-0.25, -0.2) is 4.79 Å². The Hall–Kier alpha value is -1.53. The largest absolute Gasteiger partial charge is 0.480 e. The van der Waals surface area contributed by atoms with Crippen molar-refractivity contribution in [3.05, 3.63) is 32.3 Å². The lowest BCUT2D eigenvalue weighted by molar-refractivity contribution is -0.384. The van der Waals surface area contributed by atoms with E-state index in [-0.39, 0.29) is 21.4 Å². The highest BCUT2D eigenvalue weighted by atomic mass is 35.5. The van der Waals surface area contributed by atoms with E-state index in [1.807, 2.05) is 0 Å². The topological polar surface area (TPSA) is 92.5 Å². The quantitative estimate of drug-likeness (QED) is 0.652. The van der Waals surface area contributed by atoms with Crippen LogP contribution in [0.5, 0.6) is 0 Å². The van der Waals surface area contributed by atoms with E-state index >= 15 is 0 Å². The molecule has 6 nitrogen and oxygen atoms in total. The summed E-state index contributed by atoms with van der Waals surface area (Å²) in [4.78, 5) is 21.9. The Morgan fingerprint density at radius 1 is 1.30 bits per heavy atom. The molecule has 0 spiro atoms. The van der Waals surface area contributed by atoms with Gasteiger partial charge in [-0.3, -0.25) is 10.1 Å². The van der Waals surface area contributed by atoms with Gasteiger partial charge in [0, 0.05) is 6.07 Å². The van der Waals surface area contributed by atoms with Crippen LogP contribution >= 0.6 is 23.2 Å². The van der Waals surface area contributed by atoms with Gasteiger partial charge in [0.05, 0.1) is 15.0 Å². The van der Waals surface area contributed by atoms with Gasteiger partial charge in [0.25, 0.3) is 5.69 Å². The van der Waals surface area contributed by atoms with Crippen LogP contribution in [-0.2, 0) is 4.79 Å². The number of nitrogens with one attached hydrogen (secondary N) is 1. The van der Waals surface area contributed by atoms with Crippen LogP contribution in [0.3, 0.4) is 0 Å². The maximum atomic E-state index is 11.5. The summed E-state index contributed by atoms with van der Waals surface area (Å²) in [6.07, 6.45) is 2.35. The van der Waals surface area contributed by atoms with Crippen LogP contribution in [0.15, 0.2) is 12.1 Å². The molecule has 1 fully saturated rings. The standard InChI is InChI=1S/C12H12Cl2N2O4/c13-7-5-9(10(16(19)20)6-8(7)14)15-12(11(17)18)3-1-2-4-12/h5-6,15H,1-4H2,(H,17,18). The third-order valence-corrected chi connectivity index (χ3v) is 4.20. The summed E-state index contributed by atoms with van der Waals surface area (Å²) >= 11 is 11.6. The van der Waals surface area contributed by atoms with Gasteiger partial charge in [-0.1, -0.05) is 36.0 Å². The number of hydrogen-bond donors (Lipinski definition) is 2. The van der Waals surface area contributed by atoms with Gasteiger partial charge in [-0.15, -0.1) is 0 Å². The van der Waals surface area contributed by atoms with Gasteiger partial charge in [0.1, 0.15) is 11.2 Å². The Labute approximate surface area is 124 Å². The lowest BCUT2D eigenvalue weighted by Gasteiger charge is -2.26. The molecule has 1 aliphatic carbocycles. The SMILES string of the molecule is O=C(O)C1(Nc2cc(Cl)c(Cl)cc2[N+](=O)[O-])CCCC1. The number of hydrogen-bond acceptors (Lipinski definition) is 4. The molecule has 1 aromatic rings. The Morgan fingerprint density at radius 3 is 2.35 bits per heavy atom. The fourth-order valence-electron chi connectivity index (χ4n) is 2.42. The van der Waals surface area contributed by atoms with Crippen molar-refractivity contribution in [2.24, 2.45) is 0 Å². The minimum absolute atomic E-state index is 0.0553. The van der Waals surface area contributed by atoms with Gasteiger partial charge >= 0.3 is 5.97 Å². The van der Waals surface area contributed by atoms with Gasteiger partial charge in [-0.05, 0) is 18.9 Å². The number of nitro benzene ring substituents is 1. The summed E-state index contributed by atoms with van der Waals surface area (Å²) < 4.78 is 0. The minimum Gasteiger partial charge on any atom is -0.480 e. The monoisotopic (exact) mass is 318 g/mol. The third-order valence-electron chi connectivity index (χ3n) is 3.48. The van der Waals surface area contributed by atoms with Crippen LogP contribution in [0.1, 0.15) is 25.7 Å². The van der Waals surface area contributed by atoms with Crippen LogP contribution in [0.2, 0.25) is 10.0 Å². The van der Waals surface area contributed by atoms with Crippen molar-refractivity contribution in [1.82, 2.24) is 0 Å². The molecular weight excluding hydrogens is 307 g/mol. The number of anilines is 1. The molecule has 0 amide bonds. The number of aliphatic carboxylic acids is 1. The number of nitrogens with zero attached hydrogens (tertiary/aromatic N) is 1. The van der Waals surface area contributed by atoms with Crippen LogP contribution in [-0.4, -0.2) is 21.5 Å². The molecule has 0 radical (unpaired) electrons. The smallest absolute Gasteiger partial charge is 0.329 e. The second-order valence-corrected chi connectivity index (χ2v) is 5.57. The third kappa shape index (κ3) is 2.66. The average Bonchev–Trinajstić information content (AvgIpc) is 2.83. The first-order valence-electron chi connectivity index (χ1n) is 6.01. The Kier molecular flexibility index (Phi) is 4.06. The maximum Gasteiger partial charge on any atom is 0.329 e. The first kappa shape index (κ1) is 14.9. The van der Waals surface area contributed by atoms with E-state index in [4.69, 9.17) is 23.2 Å². The van der Waals surface area contributed by atoms with E-state index in [0.717, 1.165) is 18.9 Å². The van der Waals surface area contributed by atoms with E-state index in [0.29, 0.717) is 12.8 Å². The second kappa shape index (κ2) is 5.46. The van der Waals surface area contributed by atoms with Gasteiger partial charge in [0.15, 0.2) is 0 Å². The van der Waals surface area contributed by atoms with Gasteiger partial charge in [0.2, 0.25) is 0 Å². The van der Waals surface area contributed by atoms with Crippen LogP contribution in [0.4, 0.5) is 11.4 Å². The number of carbonyl (C=O) groups is 1. The second-order valence-electron chi connectivity index (χ2n) is 4.76. The zero-order valence-electron chi connectivity index (χ0n) is 10.4. The number of carboxylic acid groups (broad SMARTS) is 1. The molecule has 0 bridgehead atoms. The van der Waals surface area contributed by atoms with E-state index in [9.17, 15) is 20.0 Å². The zero-order valence-corrected chi connectivity index (χ0v) is 11.9. The van der Waals surface area contributed by atoms with Crippen molar-refractivity contribution < 1.29 is 14.8 Å². The van der Waals surface area contributed by atoms with Gasteiger partial charge in [-0.2, -0.15) is 0 Å².